The van der Waals surface area contributed by atoms with E-state index in [-0.39, 0.29) is 6.04 Å². The van der Waals surface area contributed by atoms with Crippen molar-refractivity contribution in [2.24, 2.45) is 4.99 Å². The van der Waals surface area contributed by atoms with E-state index in [1.165, 1.54) is 6.07 Å². The first-order valence-corrected chi connectivity index (χ1v) is 7.47. The smallest absolute Gasteiger partial charge is 0.161 e. The quantitative estimate of drug-likeness (QED) is 0.913. The van der Waals surface area contributed by atoms with Gasteiger partial charge in [-0.05, 0) is 23.8 Å². The van der Waals surface area contributed by atoms with Gasteiger partial charge >= 0.3 is 0 Å². The lowest BCUT2D eigenvalue weighted by molar-refractivity contribution is 0.632. The molecule has 0 saturated heterocycles. The Bertz CT molecular complexity index is 722. The maximum absolute atomic E-state index is 13.8. The molecule has 0 spiro atoms. The van der Waals surface area contributed by atoms with E-state index in [1.807, 2.05) is 36.4 Å². The summed E-state index contributed by atoms with van der Waals surface area (Å²) in [7, 11) is 0. The van der Waals surface area contributed by atoms with E-state index in [0.717, 1.165) is 11.3 Å². The summed E-state index contributed by atoms with van der Waals surface area (Å²) in [5.74, 6) is 0.394. The maximum atomic E-state index is 13.8. The van der Waals surface area contributed by atoms with Crippen LogP contribution in [0, 0.1) is 17.1 Å². The number of nitrogens with one attached hydrogen (secondary N) is 1. The van der Waals surface area contributed by atoms with Crippen molar-refractivity contribution in [3.05, 3.63) is 65.5 Å². The molecule has 1 aliphatic rings. The first-order valence-electron chi connectivity index (χ1n) is 6.48. The molecule has 1 unspecified atom stereocenters. The van der Waals surface area contributed by atoms with Gasteiger partial charge in [0.2, 0.25) is 0 Å². The summed E-state index contributed by atoms with van der Waals surface area (Å²) in [5.41, 5.74) is 1.80. The minimum absolute atomic E-state index is 0.0974. The van der Waals surface area contributed by atoms with Gasteiger partial charge in [0.05, 0.1) is 23.4 Å². The lowest BCUT2D eigenvalue weighted by atomic mass is 10.1. The summed E-state index contributed by atoms with van der Waals surface area (Å²) in [6, 6.07) is 16.4. The molecular formula is C16H12FN3S. The molecule has 2 aromatic rings. The normalized spacial score (nSPS) is 17.1. The second-order valence-electron chi connectivity index (χ2n) is 4.60. The van der Waals surface area contributed by atoms with Crippen molar-refractivity contribution >= 4 is 22.6 Å². The van der Waals surface area contributed by atoms with E-state index in [9.17, 15) is 4.39 Å². The molecular weight excluding hydrogens is 285 g/mol. The van der Waals surface area contributed by atoms with Gasteiger partial charge in [0.15, 0.2) is 5.17 Å². The molecule has 0 radical (unpaired) electrons. The second kappa shape index (κ2) is 5.98. The van der Waals surface area contributed by atoms with Crippen molar-refractivity contribution in [3.8, 4) is 6.07 Å². The average molecular weight is 297 g/mol. The van der Waals surface area contributed by atoms with E-state index < -0.39 is 5.82 Å². The van der Waals surface area contributed by atoms with Gasteiger partial charge in [-0.1, -0.05) is 42.1 Å². The van der Waals surface area contributed by atoms with E-state index >= 15 is 0 Å². The number of benzene rings is 2. The largest absolute Gasteiger partial charge is 0.333 e. The molecule has 0 aliphatic carbocycles. The van der Waals surface area contributed by atoms with Crippen LogP contribution in [0.4, 0.5) is 10.1 Å². The Morgan fingerprint density at radius 2 is 2.05 bits per heavy atom. The first-order chi connectivity index (χ1) is 10.3. The SMILES string of the molecule is N#Cc1ccc(NC2=NC(c3ccccc3)CS2)c(F)c1. The molecule has 0 saturated carbocycles. The van der Waals surface area contributed by atoms with Crippen LogP contribution in [0.1, 0.15) is 17.2 Å². The zero-order valence-electron chi connectivity index (χ0n) is 11.1. The Hall–Kier alpha value is -2.32. The molecule has 104 valence electrons. The predicted octanol–water partition coefficient (Wildman–Crippen LogP) is 3.95. The van der Waals surface area contributed by atoms with Crippen LogP contribution in [-0.4, -0.2) is 10.9 Å². The average Bonchev–Trinajstić information content (AvgIpc) is 2.99. The molecule has 0 bridgehead atoms. The van der Waals surface area contributed by atoms with Gasteiger partial charge in [0.25, 0.3) is 0 Å². The topological polar surface area (TPSA) is 48.2 Å². The zero-order valence-corrected chi connectivity index (χ0v) is 11.9. The third kappa shape index (κ3) is 3.06. The highest BCUT2D eigenvalue weighted by atomic mass is 32.2. The van der Waals surface area contributed by atoms with Crippen LogP contribution in [0.3, 0.4) is 0 Å². The number of aliphatic imine (C=N–C) groups is 1. The van der Waals surface area contributed by atoms with E-state index in [2.05, 4.69) is 10.3 Å². The number of nitrogens with zero attached hydrogens (tertiary/aromatic N) is 2. The highest BCUT2D eigenvalue weighted by Crippen LogP contribution is 2.31. The summed E-state index contributed by atoms with van der Waals surface area (Å²) < 4.78 is 13.8. The monoisotopic (exact) mass is 297 g/mol. The molecule has 1 heterocycles. The van der Waals surface area contributed by atoms with Crippen molar-refractivity contribution in [2.45, 2.75) is 6.04 Å². The molecule has 1 aliphatic heterocycles. The van der Waals surface area contributed by atoms with Crippen LogP contribution in [-0.2, 0) is 0 Å². The van der Waals surface area contributed by atoms with Crippen LogP contribution < -0.4 is 5.32 Å². The van der Waals surface area contributed by atoms with Crippen LogP contribution in [0.25, 0.3) is 0 Å². The van der Waals surface area contributed by atoms with Crippen LogP contribution in [0.5, 0.6) is 0 Å². The van der Waals surface area contributed by atoms with Gasteiger partial charge in [-0.2, -0.15) is 5.26 Å². The van der Waals surface area contributed by atoms with E-state index in [1.54, 1.807) is 23.9 Å². The molecule has 3 rings (SSSR count). The summed E-state index contributed by atoms with van der Waals surface area (Å²) in [4.78, 5) is 4.57. The summed E-state index contributed by atoms with van der Waals surface area (Å²) >= 11 is 1.57. The number of amidine groups is 1. The maximum Gasteiger partial charge on any atom is 0.161 e. The fraction of sp³-hybridized carbons (Fsp3) is 0.125. The van der Waals surface area contributed by atoms with Gasteiger partial charge in [-0.3, -0.25) is 4.99 Å². The number of halogens is 1. The van der Waals surface area contributed by atoms with Crippen molar-refractivity contribution in [3.63, 3.8) is 0 Å². The van der Waals surface area contributed by atoms with Gasteiger partial charge in [0.1, 0.15) is 5.82 Å². The minimum atomic E-state index is -0.444. The Balaban J connectivity index is 1.76. The zero-order chi connectivity index (χ0) is 14.7. The van der Waals surface area contributed by atoms with Gasteiger partial charge in [-0.15, -0.1) is 0 Å². The van der Waals surface area contributed by atoms with Crippen LogP contribution in [0.15, 0.2) is 53.5 Å². The molecule has 5 heteroatoms. The molecule has 0 aromatic heterocycles. The molecule has 3 nitrogen and oxygen atoms in total. The number of hydrogen-bond acceptors (Lipinski definition) is 4. The van der Waals surface area contributed by atoms with Crippen molar-refractivity contribution in [1.82, 2.24) is 0 Å². The Morgan fingerprint density at radius 3 is 2.76 bits per heavy atom. The van der Waals surface area contributed by atoms with Gasteiger partial charge < -0.3 is 5.32 Å². The van der Waals surface area contributed by atoms with Crippen molar-refractivity contribution in [2.75, 3.05) is 11.1 Å². The Morgan fingerprint density at radius 1 is 1.24 bits per heavy atom. The molecule has 2 aromatic carbocycles. The number of nitriles is 1. The van der Waals surface area contributed by atoms with Gasteiger partial charge in [0, 0.05) is 5.75 Å². The molecule has 0 amide bonds. The summed E-state index contributed by atoms with van der Waals surface area (Å²) in [6.07, 6.45) is 0. The number of rotatable bonds is 2. The lowest BCUT2D eigenvalue weighted by Gasteiger charge is -2.06. The van der Waals surface area contributed by atoms with Gasteiger partial charge in [-0.25, -0.2) is 4.39 Å². The van der Waals surface area contributed by atoms with Crippen molar-refractivity contribution in [1.29, 1.82) is 5.26 Å². The summed E-state index contributed by atoms with van der Waals surface area (Å²) in [5, 5.41) is 12.4. The van der Waals surface area contributed by atoms with Crippen LogP contribution >= 0.6 is 11.8 Å². The van der Waals surface area contributed by atoms with Crippen LogP contribution in [0.2, 0.25) is 0 Å². The molecule has 1 atom stereocenters. The first kappa shape index (κ1) is 13.7. The molecule has 1 N–H and O–H groups in total. The van der Waals surface area contributed by atoms with Crippen molar-refractivity contribution < 1.29 is 4.39 Å². The fourth-order valence-electron chi connectivity index (χ4n) is 2.09. The van der Waals surface area contributed by atoms with E-state index in [0.29, 0.717) is 16.4 Å². The number of anilines is 1. The highest BCUT2D eigenvalue weighted by molar-refractivity contribution is 8.14. The Kier molecular flexibility index (Phi) is 3.89. The molecule has 0 fully saturated rings. The third-order valence-electron chi connectivity index (χ3n) is 3.18. The standard InChI is InChI=1S/C16H12FN3S/c17-13-8-11(9-18)6-7-14(13)19-16-20-15(10-21-16)12-4-2-1-3-5-12/h1-8,15H,10H2,(H,19,20). The minimum Gasteiger partial charge on any atom is -0.333 e. The highest BCUT2D eigenvalue weighted by Gasteiger charge is 2.20. The predicted molar refractivity (Wildman–Crippen MR) is 83.8 cm³/mol. The lowest BCUT2D eigenvalue weighted by Crippen LogP contribution is -2.06. The Labute approximate surface area is 126 Å². The third-order valence-corrected chi connectivity index (χ3v) is 4.14. The summed E-state index contributed by atoms with van der Waals surface area (Å²) in [6.45, 7) is 0. The molecule has 21 heavy (non-hydrogen) atoms. The van der Waals surface area contributed by atoms with E-state index in [4.69, 9.17) is 5.26 Å². The second-order valence-corrected chi connectivity index (χ2v) is 5.61. The number of hydrogen-bond donors (Lipinski definition) is 1. The number of thioether (sulfide) groups is 1. The fourth-order valence-corrected chi connectivity index (χ4v) is 3.06.